The second-order valence-corrected chi connectivity index (χ2v) is 4.75. The minimum Gasteiger partial charge on any atom is -0.0891 e. The van der Waals surface area contributed by atoms with Crippen molar-refractivity contribution in [2.24, 2.45) is 0 Å². The zero-order valence-electron chi connectivity index (χ0n) is 7.93. The first-order valence-electron chi connectivity index (χ1n) is 4.67. The third-order valence-electron chi connectivity index (χ3n) is 2.38. The van der Waals surface area contributed by atoms with E-state index in [-0.39, 0.29) is 0 Å². The standard InChI is InChI=1S/C12H9Cl3/c13-9-3-1-8(2-4-9)11-6-5-10(14)7-12(11)15/h1-4,7H,5-6H2. The van der Waals surface area contributed by atoms with Gasteiger partial charge in [-0.25, -0.2) is 0 Å². The molecule has 3 heteroatoms. The molecule has 0 spiro atoms. The summed E-state index contributed by atoms with van der Waals surface area (Å²) in [6.07, 6.45) is 3.56. The molecule has 15 heavy (non-hydrogen) atoms. The number of benzene rings is 1. The first kappa shape index (κ1) is 11.1. The monoisotopic (exact) mass is 258 g/mol. The van der Waals surface area contributed by atoms with E-state index >= 15 is 0 Å². The Morgan fingerprint density at radius 1 is 0.867 bits per heavy atom. The van der Waals surface area contributed by atoms with Crippen LogP contribution in [0.3, 0.4) is 0 Å². The van der Waals surface area contributed by atoms with E-state index < -0.39 is 0 Å². The lowest BCUT2D eigenvalue weighted by atomic mass is 9.97. The van der Waals surface area contributed by atoms with Crippen LogP contribution in [0.25, 0.3) is 5.57 Å². The smallest absolute Gasteiger partial charge is 0.0455 e. The molecular weight excluding hydrogens is 250 g/mol. The van der Waals surface area contributed by atoms with Gasteiger partial charge in [0.1, 0.15) is 0 Å². The van der Waals surface area contributed by atoms with Crippen LogP contribution in [0.15, 0.2) is 40.4 Å². The summed E-state index contributed by atoms with van der Waals surface area (Å²) in [5.41, 5.74) is 2.25. The Kier molecular flexibility index (Phi) is 3.40. The number of allylic oxidation sites excluding steroid dienone is 4. The lowest BCUT2D eigenvalue weighted by Crippen LogP contribution is -1.93. The molecule has 0 nitrogen and oxygen atoms in total. The summed E-state index contributed by atoms with van der Waals surface area (Å²) in [4.78, 5) is 0. The van der Waals surface area contributed by atoms with Crippen molar-refractivity contribution in [3.8, 4) is 0 Å². The van der Waals surface area contributed by atoms with Gasteiger partial charge in [0.2, 0.25) is 0 Å². The van der Waals surface area contributed by atoms with Crippen molar-refractivity contribution in [3.63, 3.8) is 0 Å². The summed E-state index contributed by atoms with van der Waals surface area (Å²) in [7, 11) is 0. The zero-order valence-corrected chi connectivity index (χ0v) is 10.2. The van der Waals surface area contributed by atoms with Gasteiger partial charge in [-0.3, -0.25) is 0 Å². The molecule has 78 valence electrons. The Labute approximate surface area is 104 Å². The van der Waals surface area contributed by atoms with Crippen LogP contribution >= 0.6 is 34.8 Å². The Morgan fingerprint density at radius 2 is 1.53 bits per heavy atom. The molecule has 0 bridgehead atoms. The molecule has 1 aromatic rings. The van der Waals surface area contributed by atoms with Crippen molar-refractivity contribution in [2.45, 2.75) is 12.8 Å². The Morgan fingerprint density at radius 3 is 2.13 bits per heavy atom. The molecule has 1 aromatic carbocycles. The van der Waals surface area contributed by atoms with Crippen LogP contribution in [0.2, 0.25) is 5.02 Å². The van der Waals surface area contributed by atoms with Crippen LogP contribution in [0, 0.1) is 0 Å². The van der Waals surface area contributed by atoms with Gasteiger partial charge in [0.15, 0.2) is 0 Å². The fraction of sp³-hybridized carbons (Fsp3) is 0.167. The highest BCUT2D eigenvalue weighted by Crippen LogP contribution is 2.34. The molecule has 1 aliphatic carbocycles. The predicted octanol–water partition coefficient (Wildman–Crippen LogP) is 5.21. The van der Waals surface area contributed by atoms with Crippen LogP contribution in [-0.2, 0) is 0 Å². The summed E-state index contributed by atoms with van der Waals surface area (Å²) in [5, 5.41) is 2.28. The van der Waals surface area contributed by atoms with Crippen molar-refractivity contribution in [3.05, 3.63) is 51.0 Å². The summed E-state index contributed by atoms with van der Waals surface area (Å²) in [6.45, 7) is 0. The third kappa shape index (κ3) is 2.57. The van der Waals surface area contributed by atoms with Gasteiger partial charge in [-0.1, -0.05) is 46.9 Å². The molecule has 0 radical (unpaired) electrons. The van der Waals surface area contributed by atoms with Crippen LogP contribution < -0.4 is 0 Å². The van der Waals surface area contributed by atoms with Crippen molar-refractivity contribution in [1.29, 1.82) is 0 Å². The van der Waals surface area contributed by atoms with E-state index in [9.17, 15) is 0 Å². The largest absolute Gasteiger partial charge is 0.0891 e. The minimum atomic E-state index is 0.730. The van der Waals surface area contributed by atoms with Crippen molar-refractivity contribution in [1.82, 2.24) is 0 Å². The molecule has 0 atom stereocenters. The van der Waals surface area contributed by atoms with Gasteiger partial charge in [0.25, 0.3) is 0 Å². The van der Waals surface area contributed by atoms with Crippen LogP contribution in [-0.4, -0.2) is 0 Å². The lowest BCUT2D eigenvalue weighted by Gasteiger charge is -2.14. The average Bonchev–Trinajstić information content (AvgIpc) is 2.20. The molecule has 1 aliphatic rings. The van der Waals surface area contributed by atoms with E-state index in [2.05, 4.69) is 0 Å². The minimum absolute atomic E-state index is 0.730. The van der Waals surface area contributed by atoms with Crippen LogP contribution in [0.5, 0.6) is 0 Å². The molecule has 0 amide bonds. The first-order valence-corrected chi connectivity index (χ1v) is 5.81. The fourth-order valence-corrected chi connectivity index (χ4v) is 2.31. The van der Waals surface area contributed by atoms with Crippen LogP contribution in [0.1, 0.15) is 18.4 Å². The van der Waals surface area contributed by atoms with Gasteiger partial charge >= 0.3 is 0 Å². The highest BCUT2D eigenvalue weighted by molar-refractivity contribution is 6.37. The van der Waals surface area contributed by atoms with E-state index in [4.69, 9.17) is 34.8 Å². The van der Waals surface area contributed by atoms with Gasteiger partial charge in [-0.15, -0.1) is 0 Å². The maximum absolute atomic E-state index is 6.14. The van der Waals surface area contributed by atoms with Crippen molar-refractivity contribution < 1.29 is 0 Å². The number of hydrogen-bond donors (Lipinski definition) is 0. The molecule has 2 rings (SSSR count). The Bertz CT molecular complexity index is 427. The number of hydrogen-bond acceptors (Lipinski definition) is 0. The van der Waals surface area contributed by atoms with Crippen molar-refractivity contribution in [2.75, 3.05) is 0 Å². The molecule has 0 heterocycles. The second kappa shape index (κ2) is 4.61. The maximum Gasteiger partial charge on any atom is 0.0455 e. The first-order chi connectivity index (χ1) is 7.16. The summed E-state index contributed by atoms with van der Waals surface area (Å²) < 4.78 is 0. The molecular formula is C12H9Cl3. The third-order valence-corrected chi connectivity index (χ3v) is 3.27. The maximum atomic E-state index is 6.14. The predicted molar refractivity (Wildman–Crippen MR) is 67.4 cm³/mol. The molecule has 0 fully saturated rings. The van der Waals surface area contributed by atoms with E-state index in [0.717, 1.165) is 39.1 Å². The number of rotatable bonds is 1. The summed E-state index contributed by atoms with van der Waals surface area (Å²) in [6, 6.07) is 7.70. The summed E-state index contributed by atoms with van der Waals surface area (Å²) in [5.74, 6) is 0. The van der Waals surface area contributed by atoms with E-state index in [1.165, 1.54) is 0 Å². The Hall–Kier alpha value is -0.430. The SMILES string of the molecule is ClC1=CC(Cl)=C(c2ccc(Cl)cc2)CC1. The molecule has 0 unspecified atom stereocenters. The highest BCUT2D eigenvalue weighted by Gasteiger charge is 2.12. The molecule has 0 aromatic heterocycles. The molecule has 0 saturated heterocycles. The van der Waals surface area contributed by atoms with Gasteiger partial charge in [0, 0.05) is 15.1 Å². The van der Waals surface area contributed by atoms with Crippen LogP contribution in [0.4, 0.5) is 0 Å². The molecule has 0 aliphatic heterocycles. The summed E-state index contributed by atoms with van der Waals surface area (Å²) >= 11 is 17.9. The van der Waals surface area contributed by atoms with E-state index in [0.29, 0.717) is 0 Å². The number of halogens is 3. The van der Waals surface area contributed by atoms with E-state index in [1.807, 2.05) is 30.3 Å². The second-order valence-electron chi connectivity index (χ2n) is 3.42. The lowest BCUT2D eigenvalue weighted by molar-refractivity contribution is 1.03. The topological polar surface area (TPSA) is 0 Å². The van der Waals surface area contributed by atoms with Crippen molar-refractivity contribution >= 4 is 40.4 Å². The quantitative estimate of drug-likeness (QED) is 0.650. The van der Waals surface area contributed by atoms with Gasteiger partial charge in [-0.05, 0) is 42.2 Å². The Balaban J connectivity index is 2.39. The normalized spacial score (nSPS) is 16.6. The highest BCUT2D eigenvalue weighted by atomic mass is 35.5. The van der Waals surface area contributed by atoms with Gasteiger partial charge in [0.05, 0.1) is 0 Å². The van der Waals surface area contributed by atoms with Gasteiger partial charge in [-0.2, -0.15) is 0 Å². The fourth-order valence-electron chi connectivity index (χ4n) is 1.59. The van der Waals surface area contributed by atoms with E-state index in [1.54, 1.807) is 0 Å². The average molecular weight is 260 g/mol. The van der Waals surface area contributed by atoms with Gasteiger partial charge < -0.3 is 0 Å². The zero-order chi connectivity index (χ0) is 10.8. The molecule has 0 N–H and O–H groups in total. The molecule has 0 saturated carbocycles.